The molecular weight excluding hydrogens is 370 g/mol. The number of aromatic nitrogens is 1. The van der Waals surface area contributed by atoms with Crippen molar-refractivity contribution in [2.45, 2.75) is 5.92 Å². The fourth-order valence-corrected chi connectivity index (χ4v) is 3.36. The van der Waals surface area contributed by atoms with Crippen LogP contribution >= 0.6 is 11.6 Å². The molecule has 3 rings (SSSR count). The summed E-state index contributed by atoms with van der Waals surface area (Å²) in [5, 5.41) is 12.6. The number of pyridine rings is 1. The van der Waals surface area contributed by atoms with E-state index in [1.807, 2.05) is 0 Å². The van der Waals surface area contributed by atoms with Crippen molar-refractivity contribution in [1.82, 2.24) is 15.2 Å². The van der Waals surface area contributed by atoms with Crippen LogP contribution in [0.3, 0.4) is 0 Å². The summed E-state index contributed by atoms with van der Waals surface area (Å²) in [4.78, 5) is 41.5. The average molecular weight is 388 g/mol. The van der Waals surface area contributed by atoms with Crippen LogP contribution in [0.2, 0.25) is 5.02 Å². The van der Waals surface area contributed by atoms with Gasteiger partial charge in [-0.1, -0.05) is 23.7 Å². The standard InChI is InChI=1S/C19H18ClN3O4/c1-21-17(24)16-7-4-12(8-22-16)18(25)23-9-14(15(10-23)19(26)27)11-2-5-13(20)6-3-11/h2-8,14-15H,9-10H2,1H3,(H,21,24)(H,26,27)/t14-,15+/m0/s1. The molecule has 2 N–H and O–H groups in total. The third-order valence-electron chi connectivity index (χ3n) is 4.69. The molecule has 0 spiro atoms. The number of aliphatic carboxylic acids is 1. The van der Waals surface area contributed by atoms with E-state index in [0.717, 1.165) is 5.56 Å². The molecule has 1 aromatic heterocycles. The number of likely N-dealkylation sites (tertiary alicyclic amines) is 1. The summed E-state index contributed by atoms with van der Waals surface area (Å²) in [6.07, 6.45) is 1.33. The van der Waals surface area contributed by atoms with E-state index in [9.17, 15) is 19.5 Å². The van der Waals surface area contributed by atoms with Crippen LogP contribution in [0.25, 0.3) is 0 Å². The van der Waals surface area contributed by atoms with Gasteiger partial charge in [0.05, 0.1) is 11.5 Å². The average Bonchev–Trinajstić information content (AvgIpc) is 3.13. The molecule has 27 heavy (non-hydrogen) atoms. The van der Waals surface area contributed by atoms with E-state index in [1.54, 1.807) is 24.3 Å². The lowest BCUT2D eigenvalue weighted by molar-refractivity contribution is -0.141. The molecule has 0 saturated carbocycles. The maximum Gasteiger partial charge on any atom is 0.308 e. The number of hydrogen-bond acceptors (Lipinski definition) is 4. The Labute approximate surface area is 161 Å². The Morgan fingerprint density at radius 2 is 1.85 bits per heavy atom. The van der Waals surface area contributed by atoms with Gasteiger partial charge in [0.25, 0.3) is 11.8 Å². The van der Waals surface area contributed by atoms with E-state index in [4.69, 9.17) is 11.6 Å². The zero-order chi connectivity index (χ0) is 19.6. The number of nitrogens with zero attached hydrogens (tertiary/aromatic N) is 2. The Morgan fingerprint density at radius 1 is 1.15 bits per heavy atom. The highest BCUT2D eigenvalue weighted by atomic mass is 35.5. The van der Waals surface area contributed by atoms with E-state index in [1.165, 1.54) is 30.3 Å². The van der Waals surface area contributed by atoms with Crippen molar-refractivity contribution in [3.05, 3.63) is 64.4 Å². The molecule has 0 radical (unpaired) electrons. The fraction of sp³-hybridized carbons (Fsp3) is 0.263. The van der Waals surface area contributed by atoms with Gasteiger partial charge >= 0.3 is 5.97 Å². The zero-order valence-electron chi connectivity index (χ0n) is 14.6. The van der Waals surface area contributed by atoms with Crippen LogP contribution in [0.4, 0.5) is 0 Å². The number of carbonyl (C=O) groups excluding carboxylic acids is 2. The molecule has 2 heterocycles. The molecule has 1 aliphatic heterocycles. The molecule has 1 saturated heterocycles. The minimum absolute atomic E-state index is 0.110. The van der Waals surface area contributed by atoms with Crippen molar-refractivity contribution in [2.24, 2.45) is 5.92 Å². The number of amides is 2. The minimum Gasteiger partial charge on any atom is -0.481 e. The van der Waals surface area contributed by atoms with Crippen molar-refractivity contribution >= 4 is 29.4 Å². The van der Waals surface area contributed by atoms with Gasteiger partial charge < -0.3 is 15.3 Å². The summed E-state index contributed by atoms with van der Waals surface area (Å²) in [5.74, 6) is -2.62. The maximum atomic E-state index is 12.8. The summed E-state index contributed by atoms with van der Waals surface area (Å²) >= 11 is 5.91. The van der Waals surface area contributed by atoms with Gasteiger partial charge in [0.1, 0.15) is 5.69 Å². The van der Waals surface area contributed by atoms with Gasteiger partial charge in [0, 0.05) is 37.3 Å². The number of benzene rings is 1. The summed E-state index contributed by atoms with van der Waals surface area (Å²) in [5.41, 5.74) is 1.34. The number of rotatable bonds is 4. The SMILES string of the molecule is CNC(=O)c1ccc(C(=O)N2C[C@@H](C(=O)O)[C@H](c3ccc(Cl)cc3)C2)cn1. The van der Waals surface area contributed by atoms with Crippen molar-refractivity contribution in [1.29, 1.82) is 0 Å². The first kappa shape index (κ1) is 18.8. The molecule has 0 bridgehead atoms. The first-order chi connectivity index (χ1) is 12.9. The number of carboxylic acids is 1. The van der Waals surface area contributed by atoms with Gasteiger partial charge in [-0.3, -0.25) is 19.4 Å². The van der Waals surface area contributed by atoms with Gasteiger partial charge in [-0.25, -0.2) is 0 Å². The molecule has 2 amide bonds. The lowest BCUT2D eigenvalue weighted by Crippen LogP contribution is -2.30. The lowest BCUT2D eigenvalue weighted by atomic mass is 9.89. The Hall–Kier alpha value is -2.93. The third kappa shape index (κ3) is 3.93. The van der Waals surface area contributed by atoms with E-state index >= 15 is 0 Å². The summed E-state index contributed by atoms with van der Waals surface area (Å²) in [7, 11) is 1.50. The van der Waals surface area contributed by atoms with Gasteiger partial charge in [-0.15, -0.1) is 0 Å². The second kappa shape index (κ2) is 7.75. The van der Waals surface area contributed by atoms with E-state index in [-0.39, 0.29) is 36.5 Å². The van der Waals surface area contributed by atoms with Crippen molar-refractivity contribution in [3.63, 3.8) is 0 Å². The molecule has 0 aliphatic carbocycles. The maximum absolute atomic E-state index is 12.8. The zero-order valence-corrected chi connectivity index (χ0v) is 15.3. The van der Waals surface area contributed by atoms with Crippen LogP contribution in [0.15, 0.2) is 42.6 Å². The van der Waals surface area contributed by atoms with E-state index < -0.39 is 11.9 Å². The first-order valence-corrected chi connectivity index (χ1v) is 8.74. The Balaban J connectivity index is 1.80. The van der Waals surface area contributed by atoms with Crippen LogP contribution < -0.4 is 5.32 Å². The molecule has 140 valence electrons. The topological polar surface area (TPSA) is 99.6 Å². The molecule has 2 aromatic rings. The summed E-state index contributed by atoms with van der Waals surface area (Å²) in [6.45, 7) is 0.396. The van der Waals surface area contributed by atoms with Gasteiger partial charge in [0.15, 0.2) is 0 Å². The number of hydrogen-bond donors (Lipinski definition) is 2. The number of carbonyl (C=O) groups is 3. The molecule has 7 nitrogen and oxygen atoms in total. The Bertz CT molecular complexity index is 868. The Kier molecular flexibility index (Phi) is 5.41. The van der Waals surface area contributed by atoms with Gasteiger partial charge in [-0.05, 0) is 29.8 Å². The molecule has 1 aromatic carbocycles. The number of halogens is 1. The predicted octanol–water partition coefficient (Wildman–Crippen LogP) is 2.04. The van der Waals surface area contributed by atoms with Crippen LogP contribution in [-0.2, 0) is 4.79 Å². The van der Waals surface area contributed by atoms with E-state index in [2.05, 4.69) is 10.3 Å². The quantitative estimate of drug-likeness (QED) is 0.836. The molecule has 1 aliphatic rings. The number of nitrogens with one attached hydrogen (secondary N) is 1. The second-order valence-corrected chi connectivity index (χ2v) is 6.76. The third-order valence-corrected chi connectivity index (χ3v) is 4.94. The van der Waals surface area contributed by atoms with Gasteiger partial charge in [-0.2, -0.15) is 0 Å². The van der Waals surface area contributed by atoms with Crippen LogP contribution in [0.5, 0.6) is 0 Å². The summed E-state index contributed by atoms with van der Waals surface area (Å²) in [6, 6.07) is 9.98. The van der Waals surface area contributed by atoms with Crippen molar-refractivity contribution in [3.8, 4) is 0 Å². The smallest absolute Gasteiger partial charge is 0.308 e. The van der Waals surface area contributed by atoms with Crippen LogP contribution in [0, 0.1) is 5.92 Å². The van der Waals surface area contributed by atoms with Gasteiger partial charge in [0.2, 0.25) is 0 Å². The van der Waals surface area contributed by atoms with Crippen LogP contribution in [0.1, 0.15) is 32.3 Å². The lowest BCUT2D eigenvalue weighted by Gasteiger charge is -2.16. The molecule has 1 fully saturated rings. The molecule has 0 unspecified atom stereocenters. The predicted molar refractivity (Wildman–Crippen MR) is 98.8 cm³/mol. The monoisotopic (exact) mass is 387 g/mol. The largest absolute Gasteiger partial charge is 0.481 e. The highest BCUT2D eigenvalue weighted by Crippen LogP contribution is 2.34. The Morgan fingerprint density at radius 3 is 2.41 bits per heavy atom. The molecular formula is C19H18ClN3O4. The van der Waals surface area contributed by atoms with Crippen molar-refractivity contribution < 1.29 is 19.5 Å². The number of carboxylic acid groups (broad SMARTS) is 1. The second-order valence-electron chi connectivity index (χ2n) is 6.32. The highest BCUT2D eigenvalue weighted by molar-refractivity contribution is 6.30. The van der Waals surface area contributed by atoms with Crippen LogP contribution in [-0.4, -0.2) is 52.9 Å². The molecule has 8 heteroatoms. The summed E-state index contributed by atoms with van der Waals surface area (Å²) < 4.78 is 0. The fourth-order valence-electron chi connectivity index (χ4n) is 3.23. The normalized spacial score (nSPS) is 19.0. The first-order valence-electron chi connectivity index (χ1n) is 8.36. The minimum atomic E-state index is -0.946. The molecule has 2 atom stereocenters. The highest BCUT2D eigenvalue weighted by Gasteiger charge is 2.40. The van der Waals surface area contributed by atoms with Crippen molar-refractivity contribution in [2.75, 3.05) is 20.1 Å². The van der Waals surface area contributed by atoms with E-state index in [0.29, 0.717) is 10.6 Å².